The highest BCUT2D eigenvalue weighted by molar-refractivity contribution is 5.85. The Morgan fingerprint density at radius 1 is 0.545 bits per heavy atom. The van der Waals surface area contributed by atoms with Crippen LogP contribution in [-0.2, 0) is 0 Å². The van der Waals surface area contributed by atoms with Crippen LogP contribution in [0.25, 0.3) is 0 Å². The molecule has 0 radical (unpaired) electrons. The highest BCUT2D eigenvalue weighted by atomic mass is 35.5. The van der Waals surface area contributed by atoms with E-state index in [4.69, 9.17) is 22.9 Å². The molecule has 2 aromatic rings. The Morgan fingerprint density at radius 3 is 1.05 bits per heavy atom. The summed E-state index contributed by atoms with van der Waals surface area (Å²) in [6, 6.07) is 18.7. The van der Waals surface area contributed by atoms with Crippen molar-refractivity contribution in [3.63, 3.8) is 0 Å². The van der Waals surface area contributed by atoms with Crippen molar-refractivity contribution in [3.8, 4) is 0 Å². The lowest BCUT2D eigenvalue weighted by Gasteiger charge is -1.91. The van der Waals surface area contributed by atoms with Gasteiger partial charge in [0.2, 0.25) is 0 Å². The number of aliphatic imine (C=N–C) groups is 2. The first-order valence-electron chi connectivity index (χ1n) is 5.87. The molecule has 120 valence electrons. The number of nitrogens with two attached hydrogens (primary N) is 4. The Kier molecular flexibility index (Phi) is 12.2. The molecule has 22 heavy (non-hydrogen) atoms. The van der Waals surface area contributed by atoms with Crippen LogP contribution in [0.2, 0.25) is 0 Å². The number of nitrogens with zero attached hydrogens (tertiary/aromatic N) is 2. The van der Waals surface area contributed by atoms with Gasteiger partial charge in [-0.05, 0) is 24.3 Å². The molecule has 0 unspecified atom stereocenters. The quantitative estimate of drug-likeness (QED) is 0.491. The van der Waals surface area contributed by atoms with Crippen molar-refractivity contribution >= 4 is 48.1 Å². The summed E-state index contributed by atoms with van der Waals surface area (Å²) < 4.78 is 0. The summed E-state index contributed by atoms with van der Waals surface area (Å²) in [7, 11) is 0. The molecule has 2 rings (SSSR count). The molecule has 0 aliphatic rings. The van der Waals surface area contributed by atoms with Crippen molar-refractivity contribution in [3.05, 3.63) is 60.7 Å². The first-order chi connectivity index (χ1) is 9.58. The second kappa shape index (κ2) is 12.3. The molecular formula is C14H20Cl2N6. The molecule has 0 heterocycles. The van der Waals surface area contributed by atoms with E-state index in [1.165, 1.54) is 0 Å². The van der Waals surface area contributed by atoms with Gasteiger partial charge in [0.05, 0.1) is 11.4 Å². The third-order valence-electron chi connectivity index (χ3n) is 2.03. The van der Waals surface area contributed by atoms with Crippen LogP contribution < -0.4 is 22.9 Å². The Morgan fingerprint density at radius 2 is 0.818 bits per heavy atom. The maximum absolute atomic E-state index is 5.15. The lowest BCUT2D eigenvalue weighted by atomic mass is 10.3. The minimum atomic E-state index is 0. The SMILES string of the molecule is Cl.Cl.NC(N)=Nc1ccccc1.NC(N)=Nc1ccccc1. The summed E-state index contributed by atoms with van der Waals surface area (Å²) in [4.78, 5) is 7.66. The van der Waals surface area contributed by atoms with E-state index >= 15 is 0 Å². The van der Waals surface area contributed by atoms with Crippen LogP contribution in [0.1, 0.15) is 0 Å². The highest BCUT2D eigenvalue weighted by Gasteiger charge is 1.84. The van der Waals surface area contributed by atoms with Crippen LogP contribution in [-0.4, -0.2) is 11.9 Å². The smallest absolute Gasteiger partial charge is 0.191 e. The average molecular weight is 343 g/mol. The number of hydrogen-bond donors (Lipinski definition) is 4. The Bertz CT molecular complexity index is 511. The molecule has 0 fully saturated rings. The lowest BCUT2D eigenvalue weighted by Crippen LogP contribution is -2.21. The van der Waals surface area contributed by atoms with Gasteiger partial charge < -0.3 is 22.9 Å². The molecule has 8 heteroatoms. The molecule has 0 saturated heterocycles. The van der Waals surface area contributed by atoms with Crippen LogP contribution in [0.4, 0.5) is 11.4 Å². The molecule has 0 aliphatic heterocycles. The molecule has 8 N–H and O–H groups in total. The molecule has 0 amide bonds. The number of benzene rings is 2. The van der Waals surface area contributed by atoms with Crippen LogP contribution in [0.5, 0.6) is 0 Å². The monoisotopic (exact) mass is 342 g/mol. The minimum Gasteiger partial charge on any atom is -0.370 e. The lowest BCUT2D eigenvalue weighted by molar-refractivity contribution is 1.42. The van der Waals surface area contributed by atoms with Crippen molar-refractivity contribution < 1.29 is 0 Å². The predicted octanol–water partition coefficient (Wildman–Crippen LogP) is 2.03. The van der Waals surface area contributed by atoms with Gasteiger partial charge in [-0.2, -0.15) is 0 Å². The zero-order chi connectivity index (χ0) is 14.8. The van der Waals surface area contributed by atoms with E-state index in [0.717, 1.165) is 11.4 Å². The van der Waals surface area contributed by atoms with E-state index in [1.54, 1.807) is 0 Å². The molecule has 0 aliphatic carbocycles. The van der Waals surface area contributed by atoms with E-state index in [1.807, 2.05) is 60.7 Å². The van der Waals surface area contributed by atoms with Gasteiger partial charge in [0.15, 0.2) is 11.9 Å². The van der Waals surface area contributed by atoms with Crippen molar-refractivity contribution in [2.24, 2.45) is 32.9 Å². The van der Waals surface area contributed by atoms with Gasteiger partial charge in [0, 0.05) is 0 Å². The Balaban J connectivity index is 0. The zero-order valence-corrected chi connectivity index (χ0v) is 13.4. The first kappa shape index (κ1) is 21.9. The fourth-order valence-corrected chi connectivity index (χ4v) is 1.30. The summed E-state index contributed by atoms with van der Waals surface area (Å²) >= 11 is 0. The van der Waals surface area contributed by atoms with E-state index in [9.17, 15) is 0 Å². The number of rotatable bonds is 2. The van der Waals surface area contributed by atoms with Crippen LogP contribution in [0.3, 0.4) is 0 Å². The molecule has 6 nitrogen and oxygen atoms in total. The minimum absolute atomic E-state index is 0. The van der Waals surface area contributed by atoms with Crippen LogP contribution >= 0.6 is 24.8 Å². The maximum Gasteiger partial charge on any atom is 0.191 e. The number of halogens is 2. The number of hydrogen-bond acceptors (Lipinski definition) is 2. The molecule has 0 atom stereocenters. The molecule has 0 spiro atoms. The standard InChI is InChI=1S/2C7H9N3.2ClH/c2*8-7(9)10-6-4-2-1-3-5-6;;/h2*1-5H,(H4,8,9,10);2*1H. The van der Waals surface area contributed by atoms with Gasteiger partial charge >= 0.3 is 0 Å². The highest BCUT2D eigenvalue weighted by Crippen LogP contribution is 2.08. The fraction of sp³-hybridized carbons (Fsp3) is 0. The Labute approximate surface area is 142 Å². The van der Waals surface area contributed by atoms with Crippen molar-refractivity contribution in [2.45, 2.75) is 0 Å². The van der Waals surface area contributed by atoms with Gasteiger partial charge in [-0.25, -0.2) is 9.98 Å². The average Bonchev–Trinajstić information content (AvgIpc) is 2.40. The van der Waals surface area contributed by atoms with Crippen molar-refractivity contribution in [1.29, 1.82) is 0 Å². The molecule has 0 aromatic heterocycles. The van der Waals surface area contributed by atoms with Crippen molar-refractivity contribution in [1.82, 2.24) is 0 Å². The van der Waals surface area contributed by atoms with Crippen molar-refractivity contribution in [2.75, 3.05) is 0 Å². The zero-order valence-electron chi connectivity index (χ0n) is 11.8. The first-order valence-corrected chi connectivity index (χ1v) is 5.87. The third kappa shape index (κ3) is 10.4. The molecular weight excluding hydrogens is 323 g/mol. The molecule has 2 aromatic carbocycles. The topological polar surface area (TPSA) is 129 Å². The fourth-order valence-electron chi connectivity index (χ4n) is 1.30. The summed E-state index contributed by atoms with van der Waals surface area (Å²) in [5, 5.41) is 0. The van der Waals surface area contributed by atoms with E-state index in [-0.39, 0.29) is 36.7 Å². The summed E-state index contributed by atoms with van der Waals surface area (Å²) in [6.07, 6.45) is 0. The largest absolute Gasteiger partial charge is 0.370 e. The van der Waals surface area contributed by atoms with Crippen LogP contribution in [0, 0.1) is 0 Å². The van der Waals surface area contributed by atoms with E-state index in [0.29, 0.717) is 0 Å². The second-order valence-corrected chi connectivity index (χ2v) is 3.74. The van der Waals surface area contributed by atoms with Crippen LogP contribution in [0.15, 0.2) is 70.6 Å². The van der Waals surface area contributed by atoms with Gasteiger partial charge in [-0.3, -0.25) is 0 Å². The predicted molar refractivity (Wildman–Crippen MR) is 98.3 cm³/mol. The van der Waals surface area contributed by atoms with Gasteiger partial charge in [0.1, 0.15) is 0 Å². The van der Waals surface area contributed by atoms with Gasteiger partial charge in [-0.1, -0.05) is 36.4 Å². The summed E-state index contributed by atoms with van der Waals surface area (Å²) in [6.45, 7) is 0. The van der Waals surface area contributed by atoms with E-state index in [2.05, 4.69) is 9.98 Å². The normalized spacial score (nSPS) is 8.00. The summed E-state index contributed by atoms with van der Waals surface area (Å²) in [5.41, 5.74) is 22.2. The van der Waals surface area contributed by atoms with Gasteiger partial charge in [-0.15, -0.1) is 24.8 Å². The number of guanidine groups is 2. The van der Waals surface area contributed by atoms with E-state index < -0.39 is 0 Å². The van der Waals surface area contributed by atoms with Gasteiger partial charge in [0.25, 0.3) is 0 Å². The third-order valence-corrected chi connectivity index (χ3v) is 2.03. The molecule has 0 bridgehead atoms. The second-order valence-electron chi connectivity index (χ2n) is 3.74. The maximum atomic E-state index is 5.15. The summed E-state index contributed by atoms with van der Waals surface area (Å²) in [5.74, 6) is 0.178. The number of para-hydroxylation sites is 2. The molecule has 0 saturated carbocycles. The Hall–Kier alpha value is -2.44.